The van der Waals surface area contributed by atoms with Crippen LogP contribution in [0.4, 0.5) is 0 Å². The molecule has 0 saturated heterocycles. The SMILES string of the molecule is C=C/C=C\c1nc(O)c(Cc2ccc3ccccc3c2)[nH]1. The Morgan fingerprint density at radius 1 is 1.14 bits per heavy atom. The van der Waals surface area contributed by atoms with E-state index in [1.807, 2.05) is 12.1 Å². The molecular weight excluding hydrogens is 260 g/mol. The van der Waals surface area contributed by atoms with Gasteiger partial charge < -0.3 is 10.1 Å². The molecule has 104 valence electrons. The van der Waals surface area contributed by atoms with Crippen molar-refractivity contribution in [3.05, 3.63) is 78.3 Å². The van der Waals surface area contributed by atoms with E-state index in [2.05, 4.69) is 46.9 Å². The van der Waals surface area contributed by atoms with Crippen molar-refractivity contribution >= 4 is 16.8 Å². The summed E-state index contributed by atoms with van der Waals surface area (Å²) in [6, 6.07) is 14.5. The van der Waals surface area contributed by atoms with Gasteiger partial charge >= 0.3 is 0 Å². The summed E-state index contributed by atoms with van der Waals surface area (Å²) in [6.45, 7) is 3.61. The van der Waals surface area contributed by atoms with Gasteiger partial charge in [0.1, 0.15) is 5.82 Å². The molecule has 3 nitrogen and oxygen atoms in total. The van der Waals surface area contributed by atoms with Crippen LogP contribution in [0, 0.1) is 0 Å². The Kier molecular flexibility index (Phi) is 3.56. The Bertz CT molecular complexity index is 815. The topological polar surface area (TPSA) is 48.9 Å². The lowest BCUT2D eigenvalue weighted by molar-refractivity contribution is 0.450. The smallest absolute Gasteiger partial charge is 0.233 e. The molecule has 0 aliphatic carbocycles. The molecule has 1 aromatic heterocycles. The zero-order valence-electron chi connectivity index (χ0n) is 11.6. The van der Waals surface area contributed by atoms with Crippen LogP contribution in [-0.2, 0) is 6.42 Å². The molecule has 0 spiro atoms. The van der Waals surface area contributed by atoms with Crippen LogP contribution in [0.25, 0.3) is 16.8 Å². The molecule has 0 amide bonds. The average molecular weight is 276 g/mol. The van der Waals surface area contributed by atoms with Crippen molar-refractivity contribution in [1.29, 1.82) is 0 Å². The fraction of sp³-hybridized carbons (Fsp3) is 0.0556. The molecule has 1 heterocycles. The lowest BCUT2D eigenvalue weighted by Crippen LogP contribution is -1.89. The van der Waals surface area contributed by atoms with Crippen LogP contribution in [0.15, 0.2) is 61.2 Å². The Balaban J connectivity index is 1.89. The van der Waals surface area contributed by atoms with E-state index in [1.165, 1.54) is 10.8 Å². The highest BCUT2D eigenvalue weighted by atomic mass is 16.3. The summed E-state index contributed by atoms with van der Waals surface area (Å²) in [5.74, 6) is 0.676. The van der Waals surface area contributed by atoms with Crippen molar-refractivity contribution in [3.8, 4) is 5.88 Å². The highest BCUT2D eigenvalue weighted by molar-refractivity contribution is 5.83. The van der Waals surface area contributed by atoms with E-state index in [1.54, 1.807) is 18.2 Å². The van der Waals surface area contributed by atoms with E-state index in [-0.39, 0.29) is 5.88 Å². The number of imidazole rings is 1. The third kappa shape index (κ3) is 2.87. The predicted octanol–water partition coefficient (Wildman–Crippen LogP) is 4.06. The van der Waals surface area contributed by atoms with Gasteiger partial charge in [-0.05, 0) is 22.4 Å². The number of rotatable bonds is 4. The van der Waals surface area contributed by atoms with Gasteiger partial charge in [-0.25, -0.2) is 0 Å². The number of aromatic nitrogens is 2. The van der Waals surface area contributed by atoms with Crippen LogP contribution < -0.4 is 0 Å². The van der Waals surface area contributed by atoms with Gasteiger partial charge in [0.25, 0.3) is 0 Å². The maximum atomic E-state index is 9.90. The lowest BCUT2D eigenvalue weighted by Gasteiger charge is -2.02. The normalized spacial score (nSPS) is 11.2. The highest BCUT2D eigenvalue weighted by Crippen LogP contribution is 2.21. The minimum absolute atomic E-state index is 0.0480. The Morgan fingerprint density at radius 3 is 2.76 bits per heavy atom. The molecule has 0 saturated carbocycles. The minimum Gasteiger partial charge on any atom is -0.492 e. The van der Waals surface area contributed by atoms with Crippen LogP contribution in [0.3, 0.4) is 0 Å². The molecule has 3 rings (SSSR count). The summed E-state index contributed by atoms with van der Waals surface area (Å²) in [6.07, 6.45) is 5.84. The van der Waals surface area contributed by atoms with Crippen LogP contribution in [0.2, 0.25) is 0 Å². The lowest BCUT2D eigenvalue weighted by atomic mass is 10.0. The minimum atomic E-state index is 0.0480. The predicted molar refractivity (Wildman–Crippen MR) is 86.2 cm³/mol. The van der Waals surface area contributed by atoms with Gasteiger partial charge in [-0.1, -0.05) is 61.2 Å². The van der Waals surface area contributed by atoms with E-state index in [0.29, 0.717) is 17.9 Å². The molecular formula is C18H16N2O. The zero-order valence-corrected chi connectivity index (χ0v) is 11.6. The molecule has 0 aliphatic rings. The number of fused-ring (bicyclic) bond motifs is 1. The number of hydrogen-bond donors (Lipinski definition) is 2. The van der Waals surface area contributed by atoms with Crippen molar-refractivity contribution in [2.24, 2.45) is 0 Å². The largest absolute Gasteiger partial charge is 0.492 e. The summed E-state index contributed by atoms with van der Waals surface area (Å²) in [7, 11) is 0. The van der Waals surface area contributed by atoms with Crippen LogP contribution in [-0.4, -0.2) is 15.1 Å². The zero-order chi connectivity index (χ0) is 14.7. The van der Waals surface area contributed by atoms with Gasteiger partial charge in [-0.2, -0.15) is 4.98 Å². The number of aromatic hydroxyl groups is 1. The van der Waals surface area contributed by atoms with Gasteiger partial charge in [-0.3, -0.25) is 0 Å². The molecule has 3 heteroatoms. The van der Waals surface area contributed by atoms with Crippen molar-refractivity contribution < 1.29 is 5.11 Å². The van der Waals surface area contributed by atoms with Gasteiger partial charge in [0, 0.05) is 6.42 Å². The van der Waals surface area contributed by atoms with E-state index >= 15 is 0 Å². The molecule has 0 fully saturated rings. The number of allylic oxidation sites excluding steroid dienone is 2. The van der Waals surface area contributed by atoms with Gasteiger partial charge in [0.2, 0.25) is 5.88 Å². The fourth-order valence-corrected chi connectivity index (χ4v) is 2.33. The monoisotopic (exact) mass is 276 g/mol. The first-order valence-electron chi connectivity index (χ1n) is 6.81. The van der Waals surface area contributed by atoms with Crippen molar-refractivity contribution in [2.75, 3.05) is 0 Å². The molecule has 3 aromatic rings. The molecule has 0 atom stereocenters. The Labute approximate surface area is 123 Å². The van der Waals surface area contributed by atoms with E-state index < -0.39 is 0 Å². The first-order chi connectivity index (χ1) is 10.3. The summed E-state index contributed by atoms with van der Waals surface area (Å²) in [5.41, 5.74) is 1.85. The summed E-state index contributed by atoms with van der Waals surface area (Å²) >= 11 is 0. The summed E-state index contributed by atoms with van der Waals surface area (Å²) in [4.78, 5) is 7.19. The van der Waals surface area contributed by atoms with E-state index in [4.69, 9.17) is 0 Å². The number of benzene rings is 2. The number of nitrogens with one attached hydrogen (secondary N) is 1. The van der Waals surface area contributed by atoms with Gasteiger partial charge in [0.15, 0.2) is 0 Å². The molecule has 2 N–H and O–H groups in total. The van der Waals surface area contributed by atoms with Crippen molar-refractivity contribution in [2.45, 2.75) is 6.42 Å². The molecule has 0 unspecified atom stereocenters. The second-order valence-electron chi connectivity index (χ2n) is 4.88. The molecule has 0 aliphatic heterocycles. The second-order valence-corrected chi connectivity index (χ2v) is 4.88. The Hall–Kier alpha value is -2.81. The number of H-pyrrole nitrogens is 1. The molecule has 2 aromatic carbocycles. The summed E-state index contributed by atoms with van der Waals surface area (Å²) < 4.78 is 0. The van der Waals surface area contributed by atoms with Crippen molar-refractivity contribution in [1.82, 2.24) is 9.97 Å². The molecule has 0 bridgehead atoms. The van der Waals surface area contributed by atoms with Crippen LogP contribution >= 0.6 is 0 Å². The standard InChI is InChI=1S/C18H16N2O/c1-2-3-8-17-19-16(18(21)20-17)12-13-9-10-14-6-4-5-7-15(14)11-13/h2-11,21H,1,12H2,(H,19,20)/b8-3-. The maximum absolute atomic E-state index is 9.90. The molecule has 21 heavy (non-hydrogen) atoms. The quantitative estimate of drug-likeness (QED) is 0.706. The van der Waals surface area contributed by atoms with E-state index in [9.17, 15) is 5.11 Å². The van der Waals surface area contributed by atoms with E-state index in [0.717, 1.165) is 5.56 Å². The number of aromatic amines is 1. The van der Waals surface area contributed by atoms with Crippen LogP contribution in [0.5, 0.6) is 5.88 Å². The maximum Gasteiger partial charge on any atom is 0.233 e. The fourth-order valence-electron chi connectivity index (χ4n) is 2.33. The first kappa shape index (κ1) is 13.2. The van der Waals surface area contributed by atoms with Crippen LogP contribution in [0.1, 0.15) is 17.1 Å². The Morgan fingerprint density at radius 2 is 1.95 bits per heavy atom. The van der Waals surface area contributed by atoms with Gasteiger partial charge in [-0.15, -0.1) is 0 Å². The highest BCUT2D eigenvalue weighted by Gasteiger charge is 2.08. The third-order valence-corrected chi connectivity index (χ3v) is 3.36. The first-order valence-corrected chi connectivity index (χ1v) is 6.81. The number of hydrogen-bond acceptors (Lipinski definition) is 2. The second kappa shape index (κ2) is 5.67. The van der Waals surface area contributed by atoms with Crippen molar-refractivity contribution in [3.63, 3.8) is 0 Å². The number of nitrogens with zero attached hydrogens (tertiary/aromatic N) is 1. The molecule has 0 radical (unpaired) electrons. The van der Waals surface area contributed by atoms with Gasteiger partial charge in [0.05, 0.1) is 5.69 Å². The average Bonchev–Trinajstić information content (AvgIpc) is 2.85. The third-order valence-electron chi connectivity index (χ3n) is 3.36. The summed E-state index contributed by atoms with van der Waals surface area (Å²) in [5, 5.41) is 12.3.